The second-order valence-corrected chi connectivity index (χ2v) is 10.5. The number of piperazine rings is 1. The first kappa shape index (κ1) is 27.9. The molecule has 39 heavy (non-hydrogen) atoms. The van der Waals surface area contributed by atoms with E-state index in [1.807, 2.05) is 0 Å². The van der Waals surface area contributed by atoms with Gasteiger partial charge in [-0.3, -0.25) is 14.5 Å². The molecule has 12 heteroatoms. The summed E-state index contributed by atoms with van der Waals surface area (Å²) >= 11 is 0. The predicted molar refractivity (Wildman–Crippen MR) is 131 cm³/mol. The summed E-state index contributed by atoms with van der Waals surface area (Å²) in [6, 6.07) is 9.53. The van der Waals surface area contributed by atoms with E-state index in [2.05, 4.69) is 0 Å². The molecule has 2 saturated heterocycles. The standard InChI is InChI=1S/C27H26F4N4O4/c1-25(2,3)39-24(38)33-11-10-26(16-33)23(37)34(21-9-6-18(13-32)12-20(21)28)15-22(36)35(26)14-17-4-7-19(8-5-17)27(29,30)31/h4-9,12H,10-11,14-16H2,1-3H3/t26-/m1/s1. The minimum atomic E-state index is -4.54. The summed E-state index contributed by atoms with van der Waals surface area (Å²) in [5.41, 5.74) is -3.12. The number of likely N-dealkylation sites (tertiary alicyclic amines) is 1. The lowest BCUT2D eigenvalue weighted by Gasteiger charge is -2.47. The van der Waals surface area contributed by atoms with Gasteiger partial charge in [0, 0.05) is 13.1 Å². The molecular weight excluding hydrogens is 520 g/mol. The number of alkyl halides is 3. The summed E-state index contributed by atoms with van der Waals surface area (Å²) in [4.78, 5) is 43.9. The van der Waals surface area contributed by atoms with Crippen LogP contribution in [0.25, 0.3) is 0 Å². The summed E-state index contributed by atoms with van der Waals surface area (Å²) < 4.78 is 59.5. The van der Waals surface area contributed by atoms with Crippen LogP contribution < -0.4 is 4.90 Å². The van der Waals surface area contributed by atoms with E-state index >= 15 is 0 Å². The Morgan fingerprint density at radius 3 is 2.33 bits per heavy atom. The molecule has 0 radical (unpaired) electrons. The van der Waals surface area contributed by atoms with E-state index < -0.39 is 53.1 Å². The van der Waals surface area contributed by atoms with Crippen molar-refractivity contribution < 1.29 is 36.7 Å². The Kier molecular flexibility index (Phi) is 7.06. The fraction of sp³-hybridized carbons (Fsp3) is 0.407. The third kappa shape index (κ3) is 5.53. The average Bonchev–Trinajstić information content (AvgIpc) is 3.29. The van der Waals surface area contributed by atoms with Gasteiger partial charge in [-0.2, -0.15) is 18.4 Å². The molecule has 2 aromatic carbocycles. The summed E-state index contributed by atoms with van der Waals surface area (Å²) in [5.74, 6) is -2.10. The lowest BCUT2D eigenvalue weighted by molar-refractivity contribution is -0.151. The molecule has 2 aliphatic heterocycles. The Morgan fingerprint density at radius 1 is 1.10 bits per heavy atom. The SMILES string of the molecule is CC(C)(C)OC(=O)N1CC[C@@]2(C1)C(=O)N(c1ccc(C#N)cc1F)CC(=O)N2Cc1ccc(C(F)(F)F)cc1. The lowest BCUT2D eigenvalue weighted by atomic mass is 9.89. The molecule has 0 aliphatic carbocycles. The van der Waals surface area contributed by atoms with Gasteiger partial charge >= 0.3 is 12.3 Å². The normalized spacial score (nSPS) is 20.0. The zero-order valence-electron chi connectivity index (χ0n) is 21.5. The van der Waals surface area contributed by atoms with Gasteiger partial charge in [-0.25, -0.2) is 9.18 Å². The molecule has 0 bridgehead atoms. The fourth-order valence-electron chi connectivity index (χ4n) is 4.78. The minimum Gasteiger partial charge on any atom is -0.444 e. The van der Waals surface area contributed by atoms with E-state index in [1.165, 1.54) is 34.1 Å². The number of benzene rings is 2. The molecule has 1 atom stereocenters. The van der Waals surface area contributed by atoms with Crippen molar-refractivity contribution in [3.05, 3.63) is 65.0 Å². The van der Waals surface area contributed by atoms with Crippen molar-refractivity contribution in [1.82, 2.24) is 9.80 Å². The molecule has 3 amide bonds. The molecular formula is C27H26F4N4O4. The van der Waals surface area contributed by atoms with Crippen LogP contribution in [-0.2, 0) is 27.0 Å². The van der Waals surface area contributed by atoms with Crippen LogP contribution in [-0.4, -0.2) is 58.5 Å². The highest BCUT2D eigenvalue weighted by Gasteiger charge is 2.57. The monoisotopic (exact) mass is 546 g/mol. The maximum absolute atomic E-state index is 14.9. The van der Waals surface area contributed by atoms with E-state index in [0.717, 1.165) is 23.1 Å². The first-order chi connectivity index (χ1) is 18.1. The van der Waals surface area contributed by atoms with Crippen LogP contribution in [0.4, 0.5) is 28.0 Å². The van der Waals surface area contributed by atoms with Crippen LogP contribution in [0.5, 0.6) is 0 Å². The Bertz CT molecular complexity index is 1350. The maximum atomic E-state index is 14.9. The quantitative estimate of drug-likeness (QED) is 0.530. The summed E-state index contributed by atoms with van der Waals surface area (Å²) in [7, 11) is 0. The third-order valence-electron chi connectivity index (χ3n) is 6.64. The molecule has 0 unspecified atom stereocenters. The van der Waals surface area contributed by atoms with Crippen molar-refractivity contribution in [2.24, 2.45) is 0 Å². The van der Waals surface area contributed by atoms with Crippen molar-refractivity contribution in [2.45, 2.75) is 51.1 Å². The van der Waals surface area contributed by atoms with Crippen molar-refractivity contribution in [2.75, 3.05) is 24.5 Å². The largest absolute Gasteiger partial charge is 0.444 e. The molecule has 1 spiro atoms. The van der Waals surface area contributed by atoms with Gasteiger partial charge in [0.05, 0.1) is 29.4 Å². The van der Waals surface area contributed by atoms with Gasteiger partial charge in [-0.05, 0) is 63.1 Å². The van der Waals surface area contributed by atoms with Crippen LogP contribution in [0.15, 0.2) is 42.5 Å². The molecule has 0 aromatic heterocycles. The third-order valence-corrected chi connectivity index (χ3v) is 6.64. The Labute approximate surface area is 222 Å². The maximum Gasteiger partial charge on any atom is 0.416 e. The lowest BCUT2D eigenvalue weighted by Crippen LogP contribution is -2.69. The van der Waals surface area contributed by atoms with Crippen LogP contribution in [0, 0.1) is 17.1 Å². The summed E-state index contributed by atoms with van der Waals surface area (Å²) in [5, 5.41) is 9.05. The predicted octanol–water partition coefficient (Wildman–Crippen LogP) is 4.47. The molecule has 2 heterocycles. The van der Waals surface area contributed by atoms with Gasteiger partial charge in [0.15, 0.2) is 0 Å². The number of halogens is 4. The first-order valence-electron chi connectivity index (χ1n) is 12.1. The Morgan fingerprint density at radius 2 is 1.77 bits per heavy atom. The first-order valence-corrected chi connectivity index (χ1v) is 12.1. The van der Waals surface area contributed by atoms with Crippen LogP contribution in [0.1, 0.15) is 43.9 Å². The number of hydrogen-bond donors (Lipinski definition) is 0. The van der Waals surface area contributed by atoms with Gasteiger partial charge in [0.25, 0.3) is 5.91 Å². The van der Waals surface area contributed by atoms with E-state index in [1.54, 1.807) is 26.8 Å². The highest BCUT2D eigenvalue weighted by Crippen LogP contribution is 2.38. The highest BCUT2D eigenvalue weighted by molar-refractivity contribution is 6.09. The van der Waals surface area contributed by atoms with Gasteiger partial charge < -0.3 is 14.5 Å². The van der Waals surface area contributed by atoms with Crippen molar-refractivity contribution in [1.29, 1.82) is 5.26 Å². The van der Waals surface area contributed by atoms with Crippen LogP contribution >= 0.6 is 0 Å². The number of hydrogen-bond acceptors (Lipinski definition) is 5. The second-order valence-electron chi connectivity index (χ2n) is 10.5. The van der Waals surface area contributed by atoms with Gasteiger partial charge in [-0.15, -0.1) is 0 Å². The van der Waals surface area contributed by atoms with Crippen LogP contribution in [0.3, 0.4) is 0 Å². The number of carbonyl (C=O) groups excluding carboxylic acids is 3. The number of amides is 3. The zero-order chi connectivity index (χ0) is 28.8. The molecule has 0 N–H and O–H groups in total. The van der Waals surface area contributed by atoms with Crippen LogP contribution in [0.2, 0.25) is 0 Å². The Hall–Kier alpha value is -4.14. The highest BCUT2D eigenvalue weighted by atomic mass is 19.4. The molecule has 0 saturated carbocycles. The number of anilines is 1. The topological polar surface area (TPSA) is 94.0 Å². The number of ether oxygens (including phenoxy) is 1. The number of rotatable bonds is 3. The Balaban J connectivity index is 1.71. The second kappa shape index (κ2) is 9.87. The van der Waals surface area contributed by atoms with Gasteiger partial charge in [0.1, 0.15) is 23.5 Å². The average molecular weight is 547 g/mol. The van der Waals surface area contributed by atoms with Gasteiger partial charge in [0.2, 0.25) is 5.91 Å². The minimum absolute atomic E-state index is 0.00580. The van der Waals surface area contributed by atoms with E-state index in [-0.39, 0.29) is 37.3 Å². The van der Waals surface area contributed by atoms with Crippen molar-refractivity contribution in [3.8, 4) is 6.07 Å². The van der Waals surface area contributed by atoms with E-state index in [0.29, 0.717) is 5.56 Å². The number of nitriles is 1. The number of carbonyl (C=O) groups is 3. The molecule has 2 aromatic rings. The van der Waals surface area contributed by atoms with Gasteiger partial charge in [-0.1, -0.05) is 12.1 Å². The molecule has 4 rings (SSSR count). The molecule has 2 aliphatic rings. The van der Waals surface area contributed by atoms with E-state index in [9.17, 15) is 31.9 Å². The zero-order valence-corrected chi connectivity index (χ0v) is 21.5. The number of nitrogens with zero attached hydrogens (tertiary/aromatic N) is 4. The molecule has 2 fully saturated rings. The summed E-state index contributed by atoms with van der Waals surface area (Å²) in [6.07, 6.45) is -5.23. The van der Waals surface area contributed by atoms with Crippen molar-refractivity contribution in [3.63, 3.8) is 0 Å². The molecule has 206 valence electrons. The van der Waals surface area contributed by atoms with Crippen molar-refractivity contribution >= 4 is 23.6 Å². The smallest absolute Gasteiger partial charge is 0.416 e. The van der Waals surface area contributed by atoms with E-state index in [4.69, 9.17) is 10.00 Å². The summed E-state index contributed by atoms with van der Waals surface area (Å²) in [6.45, 7) is 4.11. The molecule has 8 nitrogen and oxygen atoms in total. The fourth-order valence-corrected chi connectivity index (χ4v) is 4.78.